The van der Waals surface area contributed by atoms with E-state index in [1.54, 1.807) is 0 Å². The van der Waals surface area contributed by atoms with Crippen LogP contribution in [0.1, 0.15) is 40.2 Å². The molecular formula is C15H27NOSSi. The molecule has 0 aromatic heterocycles. The standard InChI is InChI=1S/C15H27NOSSi/c1-14(2,3)19(6,7)16-18(17)15(4,5)13-11-9-8-10-12-13/h8-12,16H,1-7H3/t18-/m0/s1. The van der Waals surface area contributed by atoms with Gasteiger partial charge in [0.15, 0.2) is 0 Å². The second kappa shape index (κ2) is 5.50. The van der Waals surface area contributed by atoms with Gasteiger partial charge in [0.2, 0.25) is 0 Å². The van der Waals surface area contributed by atoms with Gasteiger partial charge in [0, 0.05) is 0 Å². The number of rotatable bonds is 4. The maximum Gasteiger partial charge on any atom is 0.139 e. The number of nitrogens with one attached hydrogen (secondary N) is 1. The van der Waals surface area contributed by atoms with Gasteiger partial charge in [0.25, 0.3) is 0 Å². The Morgan fingerprint density at radius 1 is 1.00 bits per heavy atom. The summed E-state index contributed by atoms with van der Waals surface area (Å²) in [5, 5.41) is 0.176. The summed E-state index contributed by atoms with van der Waals surface area (Å²) in [6.45, 7) is 15.2. The Labute approximate surface area is 121 Å². The van der Waals surface area contributed by atoms with Crippen LogP contribution in [-0.2, 0) is 15.7 Å². The minimum atomic E-state index is -1.76. The highest BCUT2D eigenvalue weighted by Gasteiger charge is 2.40. The monoisotopic (exact) mass is 297 g/mol. The molecule has 0 aliphatic carbocycles. The van der Waals surface area contributed by atoms with E-state index in [0.29, 0.717) is 0 Å². The lowest BCUT2D eigenvalue weighted by molar-refractivity contribution is 0.634. The van der Waals surface area contributed by atoms with Gasteiger partial charge in [-0.15, -0.1) is 0 Å². The lowest BCUT2D eigenvalue weighted by atomic mass is 10.0. The number of hydrogen-bond acceptors (Lipinski definition) is 1. The molecule has 1 aromatic carbocycles. The maximum atomic E-state index is 12.8. The summed E-state index contributed by atoms with van der Waals surface area (Å²) in [5.41, 5.74) is 1.11. The van der Waals surface area contributed by atoms with Gasteiger partial charge in [0.1, 0.15) is 8.24 Å². The summed E-state index contributed by atoms with van der Waals surface area (Å²) in [5.74, 6) is 0. The van der Waals surface area contributed by atoms with Crippen molar-refractivity contribution in [3.8, 4) is 0 Å². The third-order valence-corrected chi connectivity index (χ3v) is 11.9. The molecule has 1 atom stereocenters. The van der Waals surface area contributed by atoms with Crippen LogP contribution >= 0.6 is 0 Å². The van der Waals surface area contributed by atoms with E-state index in [4.69, 9.17) is 0 Å². The molecule has 0 heterocycles. The first-order chi connectivity index (χ1) is 8.48. The minimum Gasteiger partial charge on any atom is -0.258 e. The molecule has 0 aliphatic heterocycles. The fraction of sp³-hybridized carbons (Fsp3) is 0.600. The predicted octanol–water partition coefficient (Wildman–Crippen LogP) is 4.18. The molecule has 0 aliphatic rings. The Balaban J connectivity index is 2.96. The van der Waals surface area contributed by atoms with E-state index in [1.165, 1.54) is 0 Å². The molecule has 0 saturated heterocycles. The van der Waals surface area contributed by atoms with Crippen LogP contribution in [0.5, 0.6) is 0 Å². The Bertz CT molecular complexity index is 449. The molecular weight excluding hydrogens is 270 g/mol. The van der Waals surface area contributed by atoms with Crippen molar-refractivity contribution in [3.63, 3.8) is 0 Å². The van der Waals surface area contributed by atoms with Gasteiger partial charge in [-0.05, 0) is 24.4 Å². The lowest BCUT2D eigenvalue weighted by Gasteiger charge is -2.39. The molecule has 4 heteroatoms. The third kappa shape index (κ3) is 3.77. The summed E-state index contributed by atoms with van der Waals surface area (Å²) in [7, 11) is -2.85. The van der Waals surface area contributed by atoms with Crippen LogP contribution in [0.25, 0.3) is 0 Å². The zero-order valence-electron chi connectivity index (χ0n) is 13.2. The van der Waals surface area contributed by atoms with E-state index in [2.05, 4.69) is 38.3 Å². The average molecular weight is 298 g/mol. The number of benzene rings is 1. The molecule has 0 fully saturated rings. The largest absolute Gasteiger partial charge is 0.258 e. The van der Waals surface area contributed by atoms with Crippen LogP contribution in [0.2, 0.25) is 18.1 Å². The van der Waals surface area contributed by atoms with Crippen LogP contribution in [0.4, 0.5) is 0 Å². The third-order valence-electron chi connectivity index (χ3n) is 4.16. The van der Waals surface area contributed by atoms with Crippen LogP contribution in [0.15, 0.2) is 30.3 Å². The van der Waals surface area contributed by atoms with Crippen molar-refractivity contribution < 1.29 is 4.21 Å². The van der Waals surface area contributed by atoms with Crippen molar-refractivity contribution in [2.45, 2.75) is 57.5 Å². The smallest absolute Gasteiger partial charge is 0.139 e. The van der Waals surface area contributed by atoms with Crippen LogP contribution in [0, 0.1) is 0 Å². The van der Waals surface area contributed by atoms with E-state index < -0.39 is 19.2 Å². The molecule has 0 radical (unpaired) electrons. The van der Waals surface area contributed by atoms with E-state index in [1.807, 2.05) is 44.2 Å². The fourth-order valence-electron chi connectivity index (χ4n) is 1.46. The van der Waals surface area contributed by atoms with E-state index >= 15 is 0 Å². The molecule has 1 N–H and O–H groups in total. The van der Waals surface area contributed by atoms with Crippen LogP contribution in [-0.4, -0.2) is 12.4 Å². The van der Waals surface area contributed by atoms with E-state index in [9.17, 15) is 4.21 Å². The van der Waals surface area contributed by atoms with Gasteiger partial charge in [-0.2, -0.15) is 0 Å². The van der Waals surface area contributed by atoms with Crippen molar-refractivity contribution in [1.82, 2.24) is 4.39 Å². The summed E-state index contributed by atoms with van der Waals surface area (Å²) in [6.07, 6.45) is 0. The molecule has 0 saturated carbocycles. The van der Waals surface area contributed by atoms with Crippen molar-refractivity contribution >= 4 is 19.2 Å². The normalized spacial score (nSPS) is 15.3. The SMILES string of the molecule is CC(C)(c1ccccc1)[S@](=O)N[Si](C)(C)C(C)(C)C. The second-order valence-electron chi connectivity index (χ2n) is 7.12. The highest BCUT2D eigenvalue weighted by molar-refractivity contribution is 7.85. The Hall–Kier alpha value is -0.453. The Morgan fingerprint density at radius 3 is 1.89 bits per heavy atom. The van der Waals surface area contributed by atoms with Gasteiger partial charge in [-0.25, -0.2) is 4.21 Å². The fourth-order valence-corrected chi connectivity index (χ4v) is 5.91. The van der Waals surface area contributed by atoms with Crippen LogP contribution in [0.3, 0.4) is 0 Å². The quantitative estimate of drug-likeness (QED) is 0.830. The summed E-state index contributed by atoms with van der Waals surface area (Å²) >= 11 is 0. The van der Waals surface area contributed by atoms with Crippen molar-refractivity contribution in [2.24, 2.45) is 0 Å². The van der Waals surface area contributed by atoms with Crippen molar-refractivity contribution in [2.75, 3.05) is 0 Å². The van der Waals surface area contributed by atoms with Gasteiger partial charge in [-0.3, -0.25) is 4.39 Å². The van der Waals surface area contributed by atoms with Gasteiger partial charge >= 0.3 is 0 Å². The highest BCUT2D eigenvalue weighted by atomic mass is 32.2. The molecule has 1 rings (SSSR count). The zero-order valence-corrected chi connectivity index (χ0v) is 15.0. The molecule has 0 bridgehead atoms. The van der Waals surface area contributed by atoms with Gasteiger partial charge in [-0.1, -0.05) is 64.2 Å². The van der Waals surface area contributed by atoms with Crippen molar-refractivity contribution in [1.29, 1.82) is 0 Å². The second-order valence-corrected chi connectivity index (χ2v) is 14.2. The molecule has 0 unspecified atom stereocenters. The Morgan fingerprint density at radius 2 is 1.47 bits per heavy atom. The summed E-state index contributed by atoms with van der Waals surface area (Å²) < 4.78 is 15.8. The molecule has 1 aromatic rings. The topological polar surface area (TPSA) is 29.1 Å². The summed E-state index contributed by atoms with van der Waals surface area (Å²) in [4.78, 5) is 0. The zero-order chi connectivity index (χ0) is 14.9. The lowest BCUT2D eigenvalue weighted by Crippen LogP contribution is -2.55. The number of hydrogen-bond donors (Lipinski definition) is 1. The molecule has 2 nitrogen and oxygen atoms in total. The first kappa shape index (κ1) is 16.6. The molecule has 108 valence electrons. The predicted molar refractivity (Wildman–Crippen MR) is 87.9 cm³/mol. The van der Waals surface area contributed by atoms with Crippen molar-refractivity contribution in [3.05, 3.63) is 35.9 Å². The van der Waals surface area contributed by atoms with E-state index in [0.717, 1.165) is 5.56 Å². The molecule has 19 heavy (non-hydrogen) atoms. The average Bonchev–Trinajstić information content (AvgIpc) is 2.28. The first-order valence-electron chi connectivity index (χ1n) is 6.74. The van der Waals surface area contributed by atoms with Crippen LogP contribution < -0.4 is 4.39 Å². The summed E-state index contributed by atoms with van der Waals surface area (Å²) in [6, 6.07) is 10.1. The first-order valence-corrected chi connectivity index (χ1v) is 10.9. The van der Waals surface area contributed by atoms with Gasteiger partial charge in [0.05, 0.1) is 15.7 Å². The maximum absolute atomic E-state index is 12.8. The van der Waals surface area contributed by atoms with Gasteiger partial charge < -0.3 is 0 Å². The molecule has 0 amide bonds. The minimum absolute atomic E-state index is 0.176. The molecule has 0 spiro atoms. The highest BCUT2D eigenvalue weighted by Crippen LogP contribution is 2.36. The van der Waals surface area contributed by atoms with E-state index in [-0.39, 0.29) is 9.79 Å². The Kier molecular flexibility index (Phi) is 4.81.